The monoisotopic (exact) mass is 390 g/mol. The summed E-state index contributed by atoms with van der Waals surface area (Å²) in [7, 11) is 0. The van der Waals surface area contributed by atoms with Crippen LogP contribution in [0.2, 0.25) is 5.02 Å². The van der Waals surface area contributed by atoms with Crippen molar-refractivity contribution in [2.45, 2.75) is 45.0 Å². The third kappa shape index (κ3) is 4.82. The van der Waals surface area contributed by atoms with Crippen molar-refractivity contribution in [2.75, 3.05) is 13.2 Å². The molecule has 0 spiro atoms. The molecule has 2 aromatic rings. The van der Waals surface area contributed by atoms with E-state index in [1.165, 1.54) is 0 Å². The molecule has 1 fully saturated rings. The number of aliphatic hydroxyl groups is 2. The third-order valence-electron chi connectivity index (χ3n) is 5.09. The second kappa shape index (κ2) is 9.07. The van der Waals surface area contributed by atoms with Crippen molar-refractivity contribution in [2.24, 2.45) is 5.92 Å². The molecule has 1 aliphatic rings. The minimum atomic E-state index is -0.628. The van der Waals surface area contributed by atoms with Crippen molar-refractivity contribution in [3.63, 3.8) is 0 Å². The summed E-state index contributed by atoms with van der Waals surface area (Å²) in [5, 5.41) is 20.2. The van der Waals surface area contributed by atoms with E-state index in [9.17, 15) is 10.2 Å². The van der Waals surface area contributed by atoms with Gasteiger partial charge in [0.1, 0.15) is 11.9 Å². The minimum Gasteiger partial charge on any atom is -0.494 e. The maximum absolute atomic E-state index is 10.0. The number of hydrogen-bond acceptors (Lipinski definition) is 4. The van der Waals surface area contributed by atoms with E-state index in [1.54, 1.807) is 0 Å². The molecule has 5 heteroatoms. The molecule has 4 unspecified atom stereocenters. The smallest absolute Gasteiger partial charge is 0.119 e. The second-order valence-corrected chi connectivity index (χ2v) is 7.57. The van der Waals surface area contributed by atoms with E-state index in [-0.39, 0.29) is 18.6 Å². The van der Waals surface area contributed by atoms with Crippen molar-refractivity contribution in [1.29, 1.82) is 0 Å². The quantitative estimate of drug-likeness (QED) is 0.777. The van der Waals surface area contributed by atoms with Gasteiger partial charge < -0.3 is 19.7 Å². The average Bonchev–Trinajstić information content (AvgIpc) is 2.66. The van der Waals surface area contributed by atoms with Crippen molar-refractivity contribution in [3.05, 3.63) is 64.2 Å². The summed E-state index contributed by atoms with van der Waals surface area (Å²) < 4.78 is 11.5. The average molecular weight is 391 g/mol. The Bertz CT molecular complexity index is 746. The topological polar surface area (TPSA) is 58.9 Å². The minimum absolute atomic E-state index is 0.155. The van der Waals surface area contributed by atoms with E-state index in [0.29, 0.717) is 19.4 Å². The molecule has 4 nitrogen and oxygen atoms in total. The van der Waals surface area contributed by atoms with Gasteiger partial charge in [0, 0.05) is 5.02 Å². The molecule has 146 valence electrons. The predicted octanol–water partition coefficient (Wildman–Crippen LogP) is 4.15. The Labute approximate surface area is 165 Å². The first-order valence-electron chi connectivity index (χ1n) is 9.46. The van der Waals surface area contributed by atoms with Gasteiger partial charge in [-0.15, -0.1) is 0 Å². The number of halogens is 1. The van der Waals surface area contributed by atoms with Gasteiger partial charge in [-0.05, 0) is 60.6 Å². The van der Waals surface area contributed by atoms with Crippen molar-refractivity contribution in [3.8, 4) is 5.75 Å². The van der Waals surface area contributed by atoms with Crippen LogP contribution in [0, 0.1) is 5.92 Å². The fourth-order valence-corrected chi connectivity index (χ4v) is 3.82. The van der Waals surface area contributed by atoms with Crippen LogP contribution in [0.15, 0.2) is 42.5 Å². The van der Waals surface area contributed by atoms with Gasteiger partial charge in [0.15, 0.2) is 0 Å². The van der Waals surface area contributed by atoms with Crippen LogP contribution in [0.1, 0.15) is 43.1 Å². The van der Waals surface area contributed by atoms with Crippen LogP contribution >= 0.6 is 11.6 Å². The van der Waals surface area contributed by atoms with Crippen LogP contribution in [0.3, 0.4) is 0 Å². The molecule has 4 atom stereocenters. The van der Waals surface area contributed by atoms with Crippen LogP contribution in [-0.2, 0) is 11.2 Å². The van der Waals surface area contributed by atoms with Gasteiger partial charge in [0.25, 0.3) is 0 Å². The number of rotatable bonds is 6. The summed E-state index contributed by atoms with van der Waals surface area (Å²) >= 11 is 6.44. The molecular formula is C22H27ClO4. The summed E-state index contributed by atoms with van der Waals surface area (Å²) in [6.45, 7) is 4.49. The predicted molar refractivity (Wildman–Crippen MR) is 106 cm³/mol. The van der Waals surface area contributed by atoms with E-state index in [1.807, 2.05) is 43.3 Å². The standard InChI is InChI=1S/C22H27ClO4/c1-3-26-18-7-4-15(5-8-18)11-17-12-16(6-9-19(17)23)22-14(2)10-20(25)21(13-24)27-22/h4-9,12,14,20-22,24-25H,3,10-11,13H2,1-2H3. The van der Waals surface area contributed by atoms with Gasteiger partial charge in [-0.25, -0.2) is 0 Å². The van der Waals surface area contributed by atoms with Gasteiger partial charge >= 0.3 is 0 Å². The largest absolute Gasteiger partial charge is 0.494 e. The fourth-order valence-electron chi connectivity index (χ4n) is 3.64. The molecule has 1 aliphatic heterocycles. The normalized spacial score (nSPS) is 25.4. The lowest BCUT2D eigenvalue weighted by atomic mass is 9.86. The van der Waals surface area contributed by atoms with E-state index in [0.717, 1.165) is 27.5 Å². The highest BCUT2D eigenvalue weighted by Crippen LogP contribution is 2.37. The molecule has 2 aromatic carbocycles. The zero-order chi connectivity index (χ0) is 19.4. The third-order valence-corrected chi connectivity index (χ3v) is 5.46. The van der Waals surface area contributed by atoms with Gasteiger partial charge in [-0.2, -0.15) is 0 Å². The highest BCUT2D eigenvalue weighted by molar-refractivity contribution is 6.31. The zero-order valence-electron chi connectivity index (χ0n) is 15.8. The summed E-state index contributed by atoms with van der Waals surface area (Å²) in [4.78, 5) is 0. The molecule has 0 amide bonds. The summed E-state index contributed by atoms with van der Waals surface area (Å²) in [6, 6.07) is 14.0. The number of hydrogen-bond donors (Lipinski definition) is 2. The van der Waals surface area contributed by atoms with E-state index in [4.69, 9.17) is 21.1 Å². The van der Waals surface area contributed by atoms with Gasteiger partial charge in [-0.1, -0.05) is 42.8 Å². The van der Waals surface area contributed by atoms with Crippen LogP contribution in [0.25, 0.3) is 0 Å². The maximum Gasteiger partial charge on any atom is 0.119 e. The molecular weight excluding hydrogens is 364 g/mol. The molecule has 0 aromatic heterocycles. The van der Waals surface area contributed by atoms with Crippen molar-refractivity contribution < 1.29 is 19.7 Å². The Hall–Kier alpha value is -1.59. The van der Waals surface area contributed by atoms with Gasteiger partial charge in [-0.3, -0.25) is 0 Å². The summed E-state index contributed by atoms with van der Waals surface area (Å²) in [5.41, 5.74) is 3.21. The first-order valence-corrected chi connectivity index (χ1v) is 9.84. The van der Waals surface area contributed by atoms with E-state index < -0.39 is 12.2 Å². The van der Waals surface area contributed by atoms with Gasteiger partial charge in [0.2, 0.25) is 0 Å². The fraction of sp³-hybridized carbons (Fsp3) is 0.455. The second-order valence-electron chi connectivity index (χ2n) is 7.16. The Morgan fingerprint density at radius 3 is 2.59 bits per heavy atom. The molecule has 2 N–H and O–H groups in total. The SMILES string of the molecule is CCOc1ccc(Cc2cc(C3OC(CO)C(O)CC3C)ccc2Cl)cc1. The number of ether oxygens (including phenoxy) is 2. The van der Waals surface area contributed by atoms with Crippen LogP contribution < -0.4 is 4.74 Å². The molecule has 1 heterocycles. The van der Waals surface area contributed by atoms with Crippen LogP contribution in [-0.4, -0.2) is 35.6 Å². The number of benzene rings is 2. The van der Waals surface area contributed by atoms with Crippen LogP contribution in [0.5, 0.6) is 5.75 Å². The first kappa shape index (κ1) is 20.2. The highest BCUT2D eigenvalue weighted by atomic mass is 35.5. The molecule has 0 saturated carbocycles. The lowest BCUT2D eigenvalue weighted by molar-refractivity contribution is -0.157. The molecule has 27 heavy (non-hydrogen) atoms. The molecule has 3 rings (SSSR count). The Kier molecular flexibility index (Phi) is 6.77. The summed E-state index contributed by atoms with van der Waals surface area (Å²) in [6.07, 6.45) is -0.0193. The van der Waals surface area contributed by atoms with Crippen molar-refractivity contribution in [1.82, 2.24) is 0 Å². The zero-order valence-corrected chi connectivity index (χ0v) is 16.5. The molecule has 0 aliphatic carbocycles. The molecule has 0 bridgehead atoms. The van der Waals surface area contributed by atoms with E-state index in [2.05, 4.69) is 13.0 Å². The van der Waals surface area contributed by atoms with Crippen LogP contribution in [0.4, 0.5) is 0 Å². The maximum atomic E-state index is 10.0. The number of aliphatic hydroxyl groups excluding tert-OH is 2. The van der Waals surface area contributed by atoms with Gasteiger partial charge in [0.05, 0.1) is 25.4 Å². The Morgan fingerprint density at radius 2 is 1.93 bits per heavy atom. The molecule has 0 radical (unpaired) electrons. The molecule has 1 saturated heterocycles. The lowest BCUT2D eigenvalue weighted by Gasteiger charge is -2.38. The first-order chi connectivity index (χ1) is 13.0. The van der Waals surface area contributed by atoms with Crippen molar-refractivity contribution >= 4 is 11.6 Å². The Balaban J connectivity index is 1.79. The summed E-state index contributed by atoms with van der Waals surface area (Å²) in [5.74, 6) is 1.02. The lowest BCUT2D eigenvalue weighted by Crippen LogP contribution is -2.41. The Morgan fingerprint density at radius 1 is 1.19 bits per heavy atom. The highest BCUT2D eigenvalue weighted by Gasteiger charge is 2.35. The van der Waals surface area contributed by atoms with E-state index >= 15 is 0 Å².